The molecule has 0 bridgehead atoms. The molecule has 0 aliphatic heterocycles. The number of nitrogens with one attached hydrogen (secondary N) is 1. The van der Waals surface area contributed by atoms with E-state index in [0.717, 1.165) is 11.3 Å². The Morgan fingerprint density at radius 1 is 1.19 bits per heavy atom. The van der Waals surface area contributed by atoms with Gasteiger partial charge in [-0.1, -0.05) is 36.4 Å². The van der Waals surface area contributed by atoms with Crippen molar-refractivity contribution in [2.75, 3.05) is 13.2 Å². The first-order valence-corrected chi connectivity index (χ1v) is 6.98. The molecule has 0 radical (unpaired) electrons. The van der Waals surface area contributed by atoms with Gasteiger partial charge in [-0.05, 0) is 24.6 Å². The highest BCUT2D eigenvalue weighted by atomic mass is 16.5. The van der Waals surface area contributed by atoms with Gasteiger partial charge in [0.2, 0.25) is 5.91 Å². The largest absolute Gasteiger partial charge is 0.362 e. The fourth-order valence-electron chi connectivity index (χ4n) is 2.19. The molecular weight excluding hydrogens is 264 g/mol. The van der Waals surface area contributed by atoms with Gasteiger partial charge in [-0.15, -0.1) is 0 Å². The smallest absolute Gasteiger partial charge is 0.216 e. The van der Waals surface area contributed by atoms with Crippen LogP contribution in [0.25, 0.3) is 0 Å². The Labute approximate surface area is 125 Å². The van der Waals surface area contributed by atoms with Gasteiger partial charge in [-0.25, -0.2) is 0 Å². The van der Waals surface area contributed by atoms with Gasteiger partial charge in [0.25, 0.3) is 0 Å². The van der Waals surface area contributed by atoms with Crippen LogP contribution in [-0.4, -0.2) is 24.0 Å². The summed E-state index contributed by atoms with van der Waals surface area (Å²) in [5.74, 6) is -0.0575. The number of ether oxygens (including phenoxy) is 1. The van der Waals surface area contributed by atoms with E-state index in [1.807, 2.05) is 55.5 Å². The summed E-state index contributed by atoms with van der Waals surface area (Å²) in [6.07, 6.45) is 1.76. The number of carbonyl (C=O) groups excluding carboxylic acids is 1. The molecule has 0 saturated carbocycles. The van der Waals surface area contributed by atoms with Gasteiger partial charge in [0.15, 0.2) is 0 Å². The van der Waals surface area contributed by atoms with Crippen LogP contribution >= 0.6 is 0 Å². The van der Waals surface area contributed by atoms with E-state index in [-0.39, 0.29) is 5.91 Å². The number of nitrogens with zero attached hydrogens (tertiary/aromatic N) is 1. The first-order valence-electron chi connectivity index (χ1n) is 6.98. The molecule has 1 aromatic heterocycles. The lowest BCUT2D eigenvalue weighted by Crippen LogP contribution is -2.33. The predicted molar refractivity (Wildman–Crippen MR) is 81.8 cm³/mol. The molecule has 2 aromatic rings. The summed E-state index contributed by atoms with van der Waals surface area (Å²) in [6.45, 7) is 4.39. The fraction of sp³-hybridized carbons (Fsp3) is 0.294. The molecule has 4 heteroatoms. The van der Waals surface area contributed by atoms with Gasteiger partial charge in [0.1, 0.15) is 5.60 Å². The summed E-state index contributed by atoms with van der Waals surface area (Å²) in [4.78, 5) is 15.4. The Bertz CT molecular complexity index is 530. The number of pyridine rings is 1. The number of aromatic nitrogens is 1. The Morgan fingerprint density at radius 2 is 1.90 bits per heavy atom. The molecule has 1 amide bonds. The Kier molecular flexibility index (Phi) is 5.06. The first kappa shape index (κ1) is 15.2. The number of hydrogen-bond acceptors (Lipinski definition) is 3. The summed E-state index contributed by atoms with van der Waals surface area (Å²) in [6, 6.07) is 15.7. The molecule has 1 atom stereocenters. The zero-order valence-electron chi connectivity index (χ0n) is 12.4. The van der Waals surface area contributed by atoms with E-state index in [0.29, 0.717) is 13.2 Å². The first-order chi connectivity index (χ1) is 10.1. The van der Waals surface area contributed by atoms with Crippen LogP contribution in [0.2, 0.25) is 0 Å². The third kappa shape index (κ3) is 3.89. The zero-order chi connectivity index (χ0) is 15.1. The van der Waals surface area contributed by atoms with Crippen LogP contribution in [0.15, 0.2) is 54.7 Å². The minimum absolute atomic E-state index is 0.0575. The normalized spacial score (nSPS) is 13.4. The van der Waals surface area contributed by atoms with Gasteiger partial charge in [-0.2, -0.15) is 0 Å². The Balaban J connectivity index is 2.21. The molecule has 110 valence electrons. The van der Waals surface area contributed by atoms with Crippen LogP contribution in [0.1, 0.15) is 25.1 Å². The molecule has 0 saturated heterocycles. The van der Waals surface area contributed by atoms with E-state index in [1.54, 1.807) is 6.20 Å². The van der Waals surface area contributed by atoms with Crippen LogP contribution in [0.4, 0.5) is 0 Å². The third-order valence-corrected chi connectivity index (χ3v) is 3.35. The SMILES string of the molecule is CC(=O)NCCOC(C)(c1ccccc1)c1ccccn1. The highest BCUT2D eigenvalue weighted by Gasteiger charge is 2.30. The fourth-order valence-corrected chi connectivity index (χ4v) is 2.19. The summed E-state index contributed by atoms with van der Waals surface area (Å²) in [7, 11) is 0. The standard InChI is InChI=1S/C17H20N2O2/c1-14(20)18-12-13-21-17(2,15-8-4-3-5-9-15)16-10-6-7-11-19-16/h3-11H,12-13H2,1-2H3,(H,18,20). The summed E-state index contributed by atoms with van der Waals surface area (Å²) < 4.78 is 6.07. The average molecular weight is 284 g/mol. The molecule has 1 N–H and O–H groups in total. The number of hydrogen-bond donors (Lipinski definition) is 1. The van der Waals surface area contributed by atoms with Crippen molar-refractivity contribution in [3.05, 3.63) is 66.0 Å². The van der Waals surface area contributed by atoms with Crippen LogP contribution in [0.3, 0.4) is 0 Å². The maximum absolute atomic E-state index is 10.9. The second kappa shape index (κ2) is 6.99. The van der Waals surface area contributed by atoms with E-state index in [2.05, 4.69) is 10.3 Å². The molecule has 1 heterocycles. The summed E-state index contributed by atoms with van der Waals surface area (Å²) in [5, 5.41) is 2.74. The van der Waals surface area contributed by atoms with Crippen molar-refractivity contribution in [2.45, 2.75) is 19.4 Å². The number of amides is 1. The predicted octanol–water partition coefficient (Wildman–Crippen LogP) is 2.50. The average Bonchev–Trinajstić information content (AvgIpc) is 2.53. The van der Waals surface area contributed by atoms with Crippen molar-refractivity contribution in [3.63, 3.8) is 0 Å². The van der Waals surface area contributed by atoms with Gasteiger partial charge in [-0.3, -0.25) is 9.78 Å². The molecule has 21 heavy (non-hydrogen) atoms. The molecule has 0 aliphatic rings. The molecule has 1 aromatic carbocycles. The van der Waals surface area contributed by atoms with Crippen molar-refractivity contribution in [1.29, 1.82) is 0 Å². The monoisotopic (exact) mass is 284 g/mol. The van der Waals surface area contributed by atoms with E-state index in [9.17, 15) is 4.79 Å². The lowest BCUT2D eigenvalue weighted by Gasteiger charge is -2.30. The lowest BCUT2D eigenvalue weighted by molar-refractivity contribution is -0.119. The molecule has 0 spiro atoms. The number of benzene rings is 1. The Morgan fingerprint density at radius 3 is 2.52 bits per heavy atom. The van der Waals surface area contributed by atoms with Gasteiger partial charge in [0.05, 0.1) is 12.3 Å². The van der Waals surface area contributed by atoms with Crippen LogP contribution < -0.4 is 5.32 Å². The quantitative estimate of drug-likeness (QED) is 0.829. The second-order valence-electron chi connectivity index (χ2n) is 4.95. The molecule has 0 fully saturated rings. The molecule has 1 unspecified atom stereocenters. The Hall–Kier alpha value is -2.20. The van der Waals surface area contributed by atoms with Crippen molar-refractivity contribution in [1.82, 2.24) is 10.3 Å². The summed E-state index contributed by atoms with van der Waals surface area (Å²) >= 11 is 0. The van der Waals surface area contributed by atoms with Crippen molar-refractivity contribution in [3.8, 4) is 0 Å². The molecule has 2 rings (SSSR count). The van der Waals surface area contributed by atoms with E-state index in [4.69, 9.17) is 4.74 Å². The minimum atomic E-state index is -0.638. The lowest BCUT2D eigenvalue weighted by atomic mass is 9.91. The van der Waals surface area contributed by atoms with Crippen LogP contribution in [0.5, 0.6) is 0 Å². The zero-order valence-corrected chi connectivity index (χ0v) is 12.4. The van der Waals surface area contributed by atoms with Crippen molar-refractivity contribution < 1.29 is 9.53 Å². The number of carbonyl (C=O) groups is 1. The highest BCUT2D eigenvalue weighted by molar-refractivity contribution is 5.72. The molecule has 0 aliphatic carbocycles. The molecular formula is C17H20N2O2. The highest BCUT2D eigenvalue weighted by Crippen LogP contribution is 2.31. The second-order valence-corrected chi connectivity index (χ2v) is 4.95. The molecule has 4 nitrogen and oxygen atoms in total. The van der Waals surface area contributed by atoms with Crippen molar-refractivity contribution in [2.24, 2.45) is 0 Å². The van der Waals surface area contributed by atoms with Crippen LogP contribution in [-0.2, 0) is 15.1 Å². The third-order valence-electron chi connectivity index (χ3n) is 3.35. The maximum Gasteiger partial charge on any atom is 0.216 e. The minimum Gasteiger partial charge on any atom is -0.362 e. The summed E-state index contributed by atoms with van der Waals surface area (Å²) in [5.41, 5.74) is 1.24. The van der Waals surface area contributed by atoms with Crippen molar-refractivity contribution >= 4 is 5.91 Å². The van der Waals surface area contributed by atoms with E-state index < -0.39 is 5.60 Å². The van der Waals surface area contributed by atoms with E-state index >= 15 is 0 Å². The number of rotatable bonds is 6. The van der Waals surface area contributed by atoms with Gasteiger partial charge >= 0.3 is 0 Å². The van der Waals surface area contributed by atoms with Crippen LogP contribution in [0, 0.1) is 0 Å². The van der Waals surface area contributed by atoms with Gasteiger partial charge < -0.3 is 10.1 Å². The maximum atomic E-state index is 10.9. The van der Waals surface area contributed by atoms with E-state index in [1.165, 1.54) is 6.92 Å². The van der Waals surface area contributed by atoms with Gasteiger partial charge in [0, 0.05) is 19.7 Å². The topological polar surface area (TPSA) is 51.2 Å².